The topological polar surface area (TPSA) is 77.7 Å². The van der Waals surface area contributed by atoms with E-state index < -0.39 is 0 Å². The summed E-state index contributed by atoms with van der Waals surface area (Å²) in [6, 6.07) is 14.2. The van der Waals surface area contributed by atoms with E-state index >= 15 is 0 Å². The molecule has 3 aromatic heterocycles. The number of aromatic nitrogens is 4. The van der Waals surface area contributed by atoms with E-state index in [0.717, 1.165) is 41.2 Å². The second-order valence-electron chi connectivity index (χ2n) is 8.32. The third-order valence-corrected chi connectivity index (χ3v) is 5.90. The highest BCUT2D eigenvalue weighted by Gasteiger charge is 2.17. The van der Waals surface area contributed by atoms with Gasteiger partial charge < -0.3 is 4.98 Å². The van der Waals surface area contributed by atoms with Crippen molar-refractivity contribution in [1.29, 1.82) is 0 Å². The minimum Gasteiger partial charge on any atom is -0.354 e. The monoisotopic (exact) mass is 399 g/mol. The quantitative estimate of drug-likeness (QED) is 0.539. The van der Waals surface area contributed by atoms with E-state index in [0.29, 0.717) is 11.3 Å². The van der Waals surface area contributed by atoms with Gasteiger partial charge >= 0.3 is 0 Å². The molecule has 4 aromatic rings. The van der Waals surface area contributed by atoms with Crippen molar-refractivity contribution in [3.05, 3.63) is 70.8 Å². The van der Waals surface area contributed by atoms with Crippen LogP contribution < -0.4 is 5.56 Å². The third kappa shape index (κ3) is 3.78. The van der Waals surface area contributed by atoms with Gasteiger partial charge in [0.05, 0.1) is 17.0 Å². The molecular weight excluding hydrogens is 374 g/mol. The van der Waals surface area contributed by atoms with Gasteiger partial charge in [0, 0.05) is 41.9 Å². The van der Waals surface area contributed by atoms with Gasteiger partial charge in [0.25, 0.3) is 5.56 Å². The lowest BCUT2D eigenvalue weighted by Crippen LogP contribution is -2.33. The van der Waals surface area contributed by atoms with E-state index in [9.17, 15) is 4.79 Å². The summed E-state index contributed by atoms with van der Waals surface area (Å²) in [6.45, 7) is 5.64. The first-order valence-corrected chi connectivity index (χ1v) is 10.5. The fraction of sp³-hybridized carbons (Fsp3) is 0.292. The van der Waals surface area contributed by atoms with Crippen molar-refractivity contribution in [2.24, 2.45) is 5.92 Å². The van der Waals surface area contributed by atoms with Gasteiger partial charge in [-0.25, -0.2) is 5.10 Å². The number of rotatable bonds is 4. The molecule has 1 saturated heterocycles. The Kier molecular flexibility index (Phi) is 4.93. The van der Waals surface area contributed by atoms with Crippen LogP contribution in [0, 0.1) is 5.92 Å². The summed E-state index contributed by atoms with van der Waals surface area (Å²) in [7, 11) is 0. The van der Waals surface area contributed by atoms with Crippen LogP contribution >= 0.6 is 0 Å². The van der Waals surface area contributed by atoms with Crippen LogP contribution in [-0.2, 0) is 6.54 Å². The van der Waals surface area contributed by atoms with E-state index in [1.165, 1.54) is 24.9 Å². The average molecular weight is 399 g/mol. The maximum Gasteiger partial charge on any atom is 0.273 e. The van der Waals surface area contributed by atoms with Crippen LogP contribution in [-0.4, -0.2) is 38.2 Å². The van der Waals surface area contributed by atoms with E-state index in [2.05, 4.69) is 50.2 Å². The molecule has 1 atom stereocenters. The minimum atomic E-state index is -0.207. The molecule has 4 heterocycles. The Hall–Kier alpha value is -3.25. The van der Waals surface area contributed by atoms with E-state index in [-0.39, 0.29) is 5.56 Å². The Bertz CT molecular complexity index is 1230. The summed E-state index contributed by atoms with van der Waals surface area (Å²) >= 11 is 0. The van der Waals surface area contributed by atoms with Crippen molar-refractivity contribution in [1.82, 2.24) is 25.1 Å². The van der Waals surface area contributed by atoms with Crippen LogP contribution in [0.3, 0.4) is 0 Å². The lowest BCUT2D eigenvalue weighted by Gasteiger charge is -2.30. The molecular formula is C24H25N5O. The van der Waals surface area contributed by atoms with Crippen molar-refractivity contribution in [3.63, 3.8) is 0 Å². The molecule has 0 spiro atoms. The van der Waals surface area contributed by atoms with Crippen LogP contribution in [0.5, 0.6) is 0 Å². The Balaban J connectivity index is 1.46. The van der Waals surface area contributed by atoms with Crippen molar-refractivity contribution in [2.45, 2.75) is 26.3 Å². The summed E-state index contributed by atoms with van der Waals surface area (Å²) in [5.41, 5.74) is 5.15. The zero-order valence-electron chi connectivity index (χ0n) is 17.1. The molecule has 0 bridgehead atoms. The third-order valence-electron chi connectivity index (χ3n) is 5.90. The smallest absolute Gasteiger partial charge is 0.273 e. The second kappa shape index (κ2) is 7.88. The standard InChI is InChI=1S/C24H25N5O/c1-16-3-2-10-29(14-16)15-17-4-5-19-12-23(26-21(19)11-17)20-13-22(27-28-24(20)30)18-6-8-25-9-7-18/h4-9,11-13,16,26H,2-3,10,14-15H2,1H3,(H,28,30). The molecule has 0 saturated carbocycles. The second-order valence-corrected chi connectivity index (χ2v) is 8.32. The SMILES string of the molecule is CC1CCCN(Cc2ccc3cc(-c4cc(-c5ccncc5)n[nH]c4=O)[nH]c3c2)C1. The van der Waals surface area contributed by atoms with Gasteiger partial charge in [-0.15, -0.1) is 0 Å². The Morgan fingerprint density at radius 3 is 2.83 bits per heavy atom. The highest BCUT2D eigenvalue weighted by Crippen LogP contribution is 2.26. The van der Waals surface area contributed by atoms with E-state index in [1.54, 1.807) is 12.4 Å². The lowest BCUT2D eigenvalue weighted by atomic mass is 10.00. The van der Waals surface area contributed by atoms with Crippen LogP contribution in [0.15, 0.2) is 59.7 Å². The number of nitrogens with one attached hydrogen (secondary N) is 2. The molecule has 5 rings (SSSR count). The van der Waals surface area contributed by atoms with Crippen LogP contribution in [0.2, 0.25) is 0 Å². The number of hydrogen-bond donors (Lipinski definition) is 2. The molecule has 0 amide bonds. The van der Waals surface area contributed by atoms with Gasteiger partial charge in [0.1, 0.15) is 0 Å². The number of benzene rings is 1. The summed E-state index contributed by atoms with van der Waals surface area (Å²) < 4.78 is 0. The maximum atomic E-state index is 12.5. The molecule has 30 heavy (non-hydrogen) atoms. The van der Waals surface area contributed by atoms with Gasteiger partial charge in [-0.2, -0.15) is 5.10 Å². The first-order chi connectivity index (χ1) is 14.7. The number of fused-ring (bicyclic) bond motifs is 1. The van der Waals surface area contributed by atoms with Gasteiger partial charge in [-0.05, 0) is 61.2 Å². The van der Waals surface area contributed by atoms with Gasteiger partial charge in [-0.3, -0.25) is 14.7 Å². The maximum absolute atomic E-state index is 12.5. The number of aromatic amines is 2. The predicted octanol–water partition coefficient (Wildman–Crippen LogP) is 4.21. The van der Waals surface area contributed by atoms with E-state index in [4.69, 9.17) is 0 Å². The number of piperidine rings is 1. The molecule has 1 unspecified atom stereocenters. The summed E-state index contributed by atoms with van der Waals surface area (Å²) in [5, 5.41) is 7.92. The van der Waals surface area contributed by atoms with E-state index in [1.807, 2.05) is 24.3 Å². The van der Waals surface area contributed by atoms with Crippen molar-refractivity contribution in [3.8, 4) is 22.5 Å². The molecule has 1 aliphatic rings. The molecule has 6 heteroatoms. The van der Waals surface area contributed by atoms with Gasteiger partial charge in [0.15, 0.2) is 0 Å². The largest absolute Gasteiger partial charge is 0.354 e. The first-order valence-electron chi connectivity index (χ1n) is 10.5. The molecule has 1 fully saturated rings. The molecule has 0 radical (unpaired) electrons. The number of nitrogens with zero attached hydrogens (tertiary/aromatic N) is 3. The first kappa shape index (κ1) is 18.8. The van der Waals surface area contributed by atoms with Crippen LogP contribution in [0.1, 0.15) is 25.3 Å². The summed E-state index contributed by atoms with van der Waals surface area (Å²) in [6.07, 6.45) is 6.04. The van der Waals surface area contributed by atoms with Crippen LogP contribution in [0.4, 0.5) is 0 Å². The Morgan fingerprint density at radius 1 is 1.13 bits per heavy atom. The number of H-pyrrole nitrogens is 2. The molecule has 0 aliphatic carbocycles. The zero-order valence-corrected chi connectivity index (χ0v) is 17.1. The Labute approximate surface area is 175 Å². The number of pyridine rings is 1. The zero-order chi connectivity index (χ0) is 20.5. The van der Waals surface area contributed by atoms with Crippen molar-refractivity contribution >= 4 is 10.9 Å². The minimum absolute atomic E-state index is 0.207. The lowest BCUT2D eigenvalue weighted by molar-refractivity contribution is 0.176. The number of hydrogen-bond acceptors (Lipinski definition) is 4. The molecule has 6 nitrogen and oxygen atoms in total. The molecule has 152 valence electrons. The predicted molar refractivity (Wildman–Crippen MR) is 119 cm³/mol. The summed E-state index contributed by atoms with van der Waals surface area (Å²) in [5.74, 6) is 0.771. The Morgan fingerprint density at radius 2 is 2.00 bits per heavy atom. The van der Waals surface area contributed by atoms with Crippen LogP contribution in [0.25, 0.3) is 33.4 Å². The average Bonchev–Trinajstić information content (AvgIpc) is 3.18. The van der Waals surface area contributed by atoms with Crippen molar-refractivity contribution < 1.29 is 0 Å². The van der Waals surface area contributed by atoms with Crippen molar-refractivity contribution in [2.75, 3.05) is 13.1 Å². The van der Waals surface area contributed by atoms with Gasteiger partial charge in [-0.1, -0.05) is 19.1 Å². The highest BCUT2D eigenvalue weighted by atomic mass is 16.1. The highest BCUT2D eigenvalue weighted by molar-refractivity contribution is 5.86. The fourth-order valence-corrected chi connectivity index (χ4v) is 4.38. The van der Waals surface area contributed by atoms with Gasteiger partial charge in [0.2, 0.25) is 0 Å². The molecule has 1 aliphatic heterocycles. The number of likely N-dealkylation sites (tertiary alicyclic amines) is 1. The molecule has 2 N–H and O–H groups in total. The summed E-state index contributed by atoms with van der Waals surface area (Å²) in [4.78, 5) is 22.5. The molecule has 1 aromatic carbocycles. The fourth-order valence-electron chi connectivity index (χ4n) is 4.38. The normalized spacial score (nSPS) is 17.4.